The second kappa shape index (κ2) is 9.62. The van der Waals surface area contributed by atoms with E-state index in [0.29, 0.717) is 22.3 Å². The molecule has 1 N–H and O–H groups in total. The van der Waals surface area contributed by atoms with E-state index in [1.54, 1.807) is 26.2 Å². The Labute approximate surface area is 193 Å². The number of likely N-dealkylation sites (N-methyl/N-ethyl adjacent to an activating group) is 1. The number of fused-ring (bicyclic) bond motifs is 1. The third-order valence-corrected chi connectivity index (χ3v) is 5.89. The molecule has 1 aliphatic rings. The molecule has 1 fully saturated rings. The number of carbonyl (C=O) groups excluding carboxylic acids is 1. The van der Waals surface area contributed by atoms with Crippen LogP contribution in [-0.4, -0.2) is 62.8 Å². The zero-order valence-corrected chi connectivity index (χ0v) is 19.4. The number of piperazine rings is 1. The predicted molar refractivity (Wildman–Crippen MR) is 128 cm³/mol. The fourth-order valence-electron chi connectivity index (χ4n) is 4.03. The fourth-order valence-corrected chi connectivity index (χ4v) is 4.03. The van der Waals surface area contributed by atoms with E-state index in [9.17, 15) is 9.18 Å². The Morgan fingerprint density at radius 1 is 1.18 bits per heavy atom. The number of aryl methyl sites for hydroxylation is 1. The van der Waals surface area contributed by atoms with Gasteiger partial charge in [-0.15, -0.1) is 0 Å². The molecule has 0 unspecified atom stereocenters. The summed E-state index contributed by atoms with van der Waals surface area (Å²) in [5.74, 6) is -0.219. The van der Waals surface area contributed by atoms with E-state index in [1.807, 2.05) is 19.1 Å². The van der Waals surface area contributed by atoms with E-state index in [2.05, 4.69) is 27.1 Å². The van der Waals surface area contributed by atoms with Gasteiger partial charge in [-0.25, -0.2) is 9.18 Å². The van der Waals surface area contributed by atoms with Crippen LogP contribution < -0.4 is 15.0 Å². The molecule has 0 radical (unpaired) electrons. The van der Waals surface area contributed by atoms with Crippen LogP contribution in [0.4, 0.5) is 21.5 Å². The first kappa shape index (κ1) is 22.8. The van der Waals surface area contributed by atoms with Gasteiger partial charge in [-0.3, -0.25) is 4.98 Å². The first-order chi connectivity index (χ1) is 15.9. The van der Waals surface area contributed by atoms with Crippen molar-refractivity contribution in [1.29, 1.82) is 0 Å². The monoisotopic (exact) mass is 452 g/mol. The van der Waals surface area contributed by atoms with Crippen molar-refractivity contribution in [2.24, 2.45) is 0 Å². The number of esters is 1. The van der Waals surface area contributed by atoms with Crippen molar-refractivity contribution in [1.82, 2.24) is 9.88 Å². The highest BCUT2D eigenvalue weighted by molar-refractivity contribution is 6.07. The molecule has 0 atom stereocenters. The molecule has 0 aliphatic carbocycles. The largest absolute Gasteiger partial charge is 0.495 e. The van der Waals surface area contributed by atoms with Gasteiger partial charge in [0.25, 0.3) is 0 Å². The van der Waals surface area contributed by atoms with E-state index in [1.165, 1.54) is 12.3 Å². The van der Waals surface area contributed by atoms with Crippen molar-refractivity contribution in [2.75, 3.05) is 57.2 Å². The van der Waals surface area contributed by atoms with E-state index < -0.39 is 11.8 Å². The second-order valence-corrected chi connectivity index (χ2v) is 8.21. The van der Waals surface area contributed by atoms with Crippen molar-refractivity contribution < 1.29 is 18.7 Å². The van der Waals surface area contributed by atoms with Gasteiger partial charge in [0.1, 0.15) is 17.1 Å². The first-order valence-corrected chi connectivity index (χ1v) is 11.1. The van der Waals surface area contributed by atoms with Crippen LogP contribution in [0.5, 0.6) is 5.75 Å². The predicted octanol–water partition coefficient (Wildman–Crippen LogP) is 4.36. The standard InChI is InChI=1S/C25H29FN4O3/c1-5-33-25(31)18-15-27-20-14-23(32-4)22(30-10-8-29(3)9-11-30)13-17(20)24(18)28-21-12-16(2)6-7-19(21)26/h6-7,12-15H,5,8-11H2,1-4H3,(H,27,28). The maximum absolute atomic E-state index is 14.6. The Morgan fingerprint density at radius 2 is 1.94 bits per heavy atom. The van der Waals surface area contributed by atoms with Crippen LogP contribution in [0, 0.1) is 12.7 Å². The maximum Gasteiger partial charge on any atom is 0.341 e. The van der Waals surface area contributed by atoms with E-state index in [0.717, 1.165) is 37.4 Å². The van der Waals surface area contributed by atoms with Gasteiger partial charge in [-0.1, -0.05) is 6.07 Å². The Kier molecular flexibility index (Phi) is 6.65. The lowest BCUT2D eigenvalue weighted by atomic mass is 10.1. The number of methoxy groups -OCH3 is 1. The highest BCUT2D eigenvalue weighted by atomic mass is 19.1. The van der Waals surface area contributed by atoms with Crippen molar-refractivity contribution in [3.8, 4) is 5.75 Å². The van der Waals surface area contributed by atoms with Gasteiger partial charge in [0.2, 0.25) is 0 Å². The van der Waals surface area contributed by atoms with Crippen LogP contribution in [0.25, 0.3) is 10.9 Å². The first-order valence-electron chi connectivity index (χ1n) is 11.1. The van der Waals surface area contributed by atoms with E-state index >= 15 is 0 Å². The molecule has 0 spiro atoms. The van der Waals surface area contributed by atoms with Gasteiger partial charge in [0.05, 0.1) is 36.3 Å². The van der Waals surface area contributed by atoms with Crippen molar-refractivity contribution in [3.63, 3.8) is 0 Å². The molecule has 33 heavy (non-hydrogen) atoms. The highest BCUT2D eigenvalue weighted by Gasteiger charge is 2.23. The Balaban J connectivity index is 1.90. The number of pyridine rings is 1. The molecule has 0 bridgehead atoms. The fraction of sp³-hybridized carbons (Fsp3) is 0.360. The van der Waals surface area contributed by atoms with Crippen LogP contribution in [0.1, 0.15) is 22.8 Å². The Hall–Kier alpha value is -3.39. The summed E-state index contributed by atoms with van der Waals surface area (Å²) in [6, 6.07) is 8.64. The molecule has 4 rings (SSSR count). The molecule has 8 heteroatoms. The number of hydrogen-bond acceptors (Lipinski definition) is 7. The number of carbonyl (C=O) groups is 1. The lowest BCUT2D eigenvalue weighted by Crippen LogP contribution is -2.44. The zero-order chi connectivity index (χ0) is 23.5. The van der Waals surface area contributed by atoms with Crippen molar-refractivity contribution >= 4 is 33.9 Å². The van der Waals surface area contributed by atoms with E-state index in [-0.39, 0.29) is 17.9 Å². The summed E-state index contributed by atoms with van der Waals surface area (Å²) >= 11 is 0. The van der Waals surface area contributed by atoms with Crippen LogP contribution in [-0.2, 0) is 4.74 Å². The minimum atomic E-state index is -0.514. The number of nitrogens with one attached hydrogen (secondary N) is 1. The molecule has 0 saturated carbocycles. The van der Waals surface area contributed by atoms with Gasteiger partial charge >= 0.3 is 5.97 Å². The van der Waals surface area contributed by atoms with Crippen LogP contribution >= 0.6 is 0 Å². The number of anilines is 3. The molecule has 1 aromatic heterocycles. The zero-order valence-electron chi connectivity index (χ0n) is 19.4. The van der Waals surface area contributed by atoms with Gasteiger partial charge in [0, 0.05) is 43.8 Å². The summed E-state index contributed by atoms with van der Waals surface area (Å²) in [4.78, 5) is 21.8. The Bertz CT molecular complexity index is 1180. The third kappa shape index (κ3) is 4.71. The summed E-state index contributed by atoms with van der Waals surface area (Å²) in [6.07, 6.45) is 1.46. The summed E-state index contributed by atoms with van der Waals surface area (Å²) in [5.41, 5.74) is 3.43. The lowest BCUT2D eigenvalue weighted by molar-refractivity contribution is 0.0527. The van der Waals surface area contributed by atoms with Crippen LogP contribution in [0.2, 0.25) is 0 Å². The topological polar surface area (TPSA) is 66.9 Å². The quantitative estimate of drug-likeness (QED) is 0.558. The molecule has 1 aliphatic heterocycles. The second-order valence-electron chi connectivity index (χ2n) is 8.21. The third-order valence-electron chi connectivity index (χ3n) is 5.89. The number of rotatable bonds is 6. The van der Waals surface area contributed by atoms with E-state index in [4.69, 9.17) is 9.47 Å². The molecular formula is C25H29FN4O3. The van der Waals surface area contributed by atoms with Crippen molar-refractivity contribution in [3.05, 3.63) is 53.5 Å². The lowest BCUT2D eigenvalue weighted by Gasteiger charge is -2.35. The number of aromatic nitrogens is 1. The van der Waals surface area contributed by atoms with Gasteiger partial charge in [0.15, 0.2) is 0 Å². The summed E-state index contributed by atoms with van der Waals surface area (Å²) in [5, 5.41) is 3.85. The molecule has 174 valence electrons. The normalized spacial score (nSPS) is 14.4. The average Bonchev–Trinajstić information content (AvgIpc) is 2.81. The minimum absolute atomic E-state index is 0.226. The number of nitrogens with zero attached hydrogens (tertiary/aromatic N) is 3. The number of benzene rings is 2. The number of halogens is 1. The molecule has 0 amide bonds. The summed E-state index contributed by atoms with van der Waals surface area (Å²) in [6.45, 7) is 7.42. The summed E-state index contributed by atoms with van der Waals surface area (Å²) in [7, 11) is 3.73. The molecule has 7 nitrogen and oxygen atoms in total. The minimum Gasteiger partial charge on any atom is -0.495 e. The SMILES string of the molecule is CCOC(=O)c1cnc2cc(OC)c(N3CCN(C)CC3)cc2c1Nc1cc(C)ccc1F. The molecule has 3 aromatic rings. The van der Waals surface area contributed by atoms with Gasteiger partial charge in [-0.2, -0.15) is 0 Å². The maximum atomic E-state index is 14.6. The van der Waals surface area contributed by atoms with Gasteiger partial charge < -0.3 is 24.6 Å². The highest BCUT2D eigenvalue weighted by Crippen LogP contribution is 2.38. The summed E-state index contributed by atoms with van der Waals surface area (Å²) < 4.78 is 25.6. The van der Waals surface area contributed by atoms with Crippen molar-refractivity contribution in [2.45, 2.75) is 13.8 Å². The van der Waals surface area contributed by atoms with Gasteiger partial charge in [-0.05, 0) is 44.7 Å². The molecule has 2 heterocycles. The molecule has 1 saturated heterocycles. The molecular weight excluding hydrogens is 423 g/mol. The number of hydrogen-bond donors (Lipinski definition) is 1. The molecule has 2 aromatic carbocycles. The average molecular weight is 453 g/mol. The Morgan fingerprint density at radius 3 is 2.64 bits per heavy atom. The smallest absolute Gasteiger partial charge is 0.341 e. The van der Waals surface area contributed by atoms with Crippen LogP contribution in [0.3, 0.4) is 0 Å². The van der Waals surface area contributed by atoms with Crippen LogP contribution in [0.15, 0.2) is 36.5 Å². The number of ether oxygens (including phenoxy) is 2.